The largest absolute Gasteiger partial charge is 0.497 e. The van der Waals surface area contributed by atoms with Crippen molar-refractivity contribution in [2.45, 2.75) is 108 Å². The Bertz CT molecular complexity index is 2780. The van der Waals surface area contributed by atoms with Crippen LogP contribution in [0, 0.1) is 16.7 Å². The van der Waals surface area contributed by atoms with E-state index < -0.39 is 119 Å². The minimum absolute atomic E-state index is 0.0337. The number of carbonyl (C=O) groups is 7. The van der Waals surface area contributed by atoms with Crippen molar-refractivity contribution in [1.29, 1.82) is 0 Å². The number of Topliss-reactive ketones (excluding diaryl/α,β-unsaturated/α-hetero) is 1. The van der Waals surface area contributed by atoms with Crippen LogP contribution in [0.2, 0.25) is 0 Å². The predicted octanol–water partition coefficient (Wildman–Crippen LogP) is 5.61. The van der Waals surface area contributed by atoms with Gasteiger partial charge in [0.15, 0.2) is 23.6 Å². The number of ether oxygens (including phenoxy) is 7. The van der Waals surface area contributed by atoms with Crippen molar-refractivity contribution < 1.29 is 76.9 Å². The third-order valence-corrected chi connectivity index (χ3v) is 15.0. The van der Waals surface area contributed by atoms with Gasteiger partial charge in [0.05, 0.1) is 42.2 Å². The lowest BCUT2D eigenvalue weighted by Gasteiger charge is -2.67. The number of hydrogen-bond donors (Lipinski definition) is 3. The Balaban J connectivity index is 1.31. The summed E-state index contributed by atoms with van der Waals surface area (Å²) in [5, 5.41) is 28.7. The van der Waals surface area contributed by atoms with Crippen LogP contribution >= 0.6 is 0 Å². The van der Waals surface area contributed by atoms with Gasteiger partial charge in [-0.05, 0) is 79.1 Å². The molecule has 4 aromatic rings. The molecule has 1 heterocycles. The molecule has 8 rings (SSSR count). The Morgan fingerprint density at radius 2 is 1.31 bits per heavy atom. The summed E-state index contributed by atoms with van der Waals surface area (Å²) in [6.45, 7) is 7.89. The monoisotopic (exact) mass is 987 g/mol. The maximum Gasteiger partial charge on any atom is 0.338 e. The first-order valence-corrected chi connectivity index (χ1v) is 23.5. The van der Waals surface area contributed by atoms with Gasteiger partial charge in [0.1, 0.15) is 35.8 Å². The lowest BCUT2D eigenvalue weighted by molar-refractivity contribution is -0.345. The smallest absolute Gasteiger partial charge is 0.338 e. The summed E-state index contributed by atoms with van der Waals surface area (Å²) in [7, 11) is 1.46. The molecule has 0 unspecified atom stereocenters. The number of fused-ring (bicyclic) bond motifs is 5. The molecule has 1 saturated heterocycles. The topological polar surface area (TPSA) is 237 Å². The van der Waals surface area contributed by atoms with Gasteiger partial charge in [0.25, 0.3) is 5.91 Å². The number of esters is 5. The quantitative estimate of drug-likeness (QED) is 0.0839. The number of methoxy groups -OCH3 is 1. The highest BCUT2D eigenvalue weighted by molar-refractivity contribution is 5.97. The van der Waals surface area contributed by atoms with Crippen LogP contribution in [0.15, 0.2) is 126 Å². The van der Waals surface area contributed by atoms with Crippen molar-refractivity contribution in [2.24, 2.45) is 16.7 Å². The first kappa shape index (κ1) is 51.2. The third kappa shape index (κ3) is 8.94. The van der Waals surface area contributed by atoms with Gasteiger partial charge < -0.3 is 48.7 Å². The fourth-order valence-electron chi connectivity index (χ4n) is 11.3. The molecule has 3 aliphatic carbocycles. The number of hydrogen-bond acceptors (Lipinski definition) is 16. The zero-order chi connectivity index (χ0) is 51.9. The molecule has 3 fully saturated rings. The molecule has 4 aliphatic rings. The normalized spacial score (nSPS) is 28.9. The van der Waals surface area contributed by atoms with E-state index in [0.717, 1.165) is 13.8 Å². The van der Waals surface area contributed by atoms with Crippen LogP contribution in [0.1, 0.15) is 97.1 Å². The Kier molecular flexibility index (Phi) is 14.0. The van der Waals surface area contributed by atoms with E-state index >= 15 is 4.79 Å². The minimum Gasteiger partial charge on any atom is -0.497 e. The van der Waals surface area contributed by atoms with E-state index in [1.54, 1.807) is 105 Å². The second-order valence-electron chi connectivity index (χ2n) is 19.5. The van der Waals surface area contributed by atoms with Crippen LogP contribution < -0.4 is 10.1 Å². The van der Waals surface area contributed by atoms with Crippen LogP contribution in [0.3, 0.4) is 0 Å². The molecule has 1 aliphatic heterocycles. The number of aliphatic hydroxyl groups excluding tert-OH is 1. The number of aliphatic hydroxyl groups is 2. The minimum atomic E-state index is -2.48. The molecule has 0 aromatic heterocycles. The van der Waals surface area contributed by atoms with Gasteiger partial charge in [-0.1, -0.05) is 80.6 Å². The molecule has 2 bridgehead atoms. The van der Waals surface area contributed by atoms with Crippen LogP contribution in [0.5, 0.6) is 5.75 Å². The van der Waals surface area contributed by atoms with Crippen molar-refractivity contribution in [3.8, 4) is 5.75 Å². The van der Waals surface area contributed by atoms with Crippen LogP contribution in [0.4, 0.5) is 0 Å². The van der Waals surface area contributed by atoms with E-state index in [4.69, 9.17) is 33.2 Å². The van der Waals surface area contributed by atoms with Crippen LogP contribution in [0.25, 0.3) is 0 Å². The molecular formula is C55H57NO16. The molecule has 17 heteroatoms. The molecule has 378 valence electrons. The van der Waals surface area contributed by atoms with Crippen molar-refractivity contribution in [1.82, 2.24) is 5.32 Å². The highest BCUT2D eigenvalue weighted by Crippen LogP contribution is 2.65. The molecule has 11 atom stereocenters. The molecule has 4 aromatic carbocycles. The fraction of sp³-hybridized carbons (Fsp3) is 0.400. The summed E-state index contributed by atoms with van der Waals surface area (Å²) >= 11 is 0. The number of rotatable bonds is 13. The van der Waals surface area contributed by atoms with E-state index in [1.165, 1.54) is 45.2 Å². The highest BCUT2D eigenvalue weighted by Gasteiger charge is 2.79. The number of nitrogens with one attached hydrogen (secondary N) is 1. The van der Waals surface area contributed by atoms with E-state index in [9.17, 15) is 39.0 Å². The van der Waals surface area contributed by atoms with Crippen LogP contribution in [-0.4, -0.2) is 113 Å². The molecule has 72 heavy (non-hydrogen) atoms. The van der Waals surface area contributed by atoms with Gasteiger partial charge in [0.2, 0.25) is 0 Å². The zero-order valence-electron chi connectivity index (χ0n) is 40.8. The summed E-state index contributed by atoms with van der Waals surface area (Å²) in [6, 6.07) is 28.8. The molecular weight excluding hydrogens is 931 g/mol. The van der Waals surface area contributed by atoms with Gasteiger partial charge >= 0.3 is 29.8 Å². The van der Waals surface area contributed by atoms with Crippen molar-refractivity contribution in [3.63, 3.8) is 0 Å². The molecule has 0 spiro atoms. The summed E-state index contributed by atoms with van der Waals surface area (Å²) < 4.78 is 42.7. The van der Waals surface area contributed by atoms with Gasteiger partial charge in [-0.15, -0.1) is 0 Å². The number of ketones is 1. The maximum absolute atomic E-state index is 16.2. The molecule has 3 N–H and O–H groups in total. The summed E-state index contributed by atoms with van der Waals surface area (Å²) in [6.07, 6.45) is -10.9. The van der Waals surface area contributed by atoms with E-state index in [1.807, 2.05) is 0 Å². The van der Waals surface area contributed by atoms with Gasteiger partial charge in [-0.25, -0.2) is 14.4 Å². The predicted molar refractivity (Wildman–Crippen MR) is 254 cm³/mol. The highest BCUT2D eigenvalue weighted by atomic mass is 16.6. The van der Waals surface area contributed by atoms with Gasteiger partial charge in [0, 0.05) is 37.7 Å². The first-order chi connectivity index (χ1) is 34.2. The lowest BCUT2D eigenvalue weighted by atomic mass is 9.44. The average Bonchev–Trinajstić information content (AvgIpc) is 3.36. The van der Waals surface area contributed by atoms with Crippen molar-refractivity contribution >= 4 is 41.5 Å². The van der Waals surface area contributed by atoms with Gasteiger partial charge in [-0.2, -0.15) is 0 Å². The SMILES string of the molecule is COc1ccc(C(=O)O[C@H]2C[C@H]3OC[C@@]3(OC(C)=O)[C@H]3[C@H](OC(=O)c4ccccc4)[C@]4(O)C[C@H](OC(=O)[C@H](O)[C@@H](NC(=O)c5ccccc5)c5ccccc5)C(C)=C([C@@H](OC(C)=O)C(=O)[C@]23C)C4(C)C)cc1. The molecule has 17 nitrogen and oxygen atoms in total. The van der Waals surface area contributed by atoms with E-state index in [-0.39, 0.29) is 40.9 Å². The summed E-state index contributed by atoms with van der Waals surface area (Å²) in [4.78, 5) is 99.9. The Labute approximate surface area is 415 Å². The van der Waals surface area contributed by atoms with Crippen molar-refractivity contribution in [2.75, 3.05) is 13.7 Å². The third-order valence-electron chi connectivity index (χ3n) is 15.0. The van der Waals surface area contributed by atoms with Crippen molar-refractivity contribution in [3.05, 3.63) is 149 Å². The average molecular weight is 988 g/mol. The summed E-state index contributed by atoms with van der Waals surface area (Å²) in [5.74, 6) is -7.58. The standard InChI is InChI=1S/C55H57NO16/c1-30-38(69-51(64)43(59)42(33-17-11-8-12-18-33)56-48(61)34-19-13-9-14-20-34)28-55(65)47(71-50(63)35-21-15-10-16-22-35)45-53(6,46(60)44(68-31(2)57)41(30)52(55,4)5)39(27-40-54(45,29-67-40)72-32(3)58)70-49(62)36-23-25-37(66-7)26-24-36/h8-26,38-40,42-45,47,59,65H,27-29H2,1-7H3,(H,56,61)/t38-,39-,40+,42-,43+,44+,45-,47-,53+,54-,55+/m0/s1. The number of amides is 1. The number of benzene rings is 4. The second-order valence-corrected chi connectivity index (χ2v) is 19.5. The van der Waals surface area contributed by atoms with E-state index in [0.29, 0.717) is 11.3 Å². The lowest BCUT2D eigenvalue weighted by Crippen LogP contribution is -2.82. The molecule has 2 saturated carbocycles. The molecule has 1 amide bonds. The zero-order valence-corrected chi connectivity index (χ0v) is 40.8. The Morgan fingerprint density at radius 3 is 1.86 bits per heavy atom. The maximum atomic E-state index is 16.2. The Hall–Kier alpha value is -7.21. The summed E-state index contributed by atoms with van der Waals surface area (Å²) in [5.41, 5.74) is -7.49. The second kappa shape index (κ2) is 19.8. The van der Waals surface area contributed by atoms with Gasteiger partial charge in [-0.3, -0.25) is 19.2 Å². The number of carbonyl (C=O) groups excluding carboxylic acids is 7. The van der Waals surface area contributed by atoms with E-state index in [2.05, 4.69) is 5.32 Å². The fourth-order valence-corrected chi connectivity index (χ4v) is 11.3. The Morgan fingerprint density at radius 1 is 0.736 bits per heavy atom. The first-order valence-electron chi connectivity index (χ1n) is 23.5. The van der Waals surface area contributed by atoms with Crippen LogP contribution in [-0.2, 0) is 47.6 Å². The molecule has 0 radical (unpaired) electrons.